The number of aromatic nitrogens is 2. The SMILES string of the molecule is COc1cc(OC)c(Cl)c(-c2cc3cnc(Nc4ccc(C5CNCCO5)cc4[N+](=O)[O-])cc3n(CCCN(C)C)c2=O)c1Cl. The number of halogens is 2. The quantitative estimate of drug-likeness (QED) is 0.154. The first-order valence-electron chi connectivity index (χ1n) is 14.3. The Balaban J connectivity index is 1.61. The number of pyridine rings is 2. The highest BCUT2D eigenvalue weighted by Gasteiger charge is 2.24. The number of hydrogen-bond donors (Lipinski definition) is 2. The fraction of sp³-hybridized carbons (Fsp3) is 0.355. The summed E-state index contributed by atoms with van der Waals surface area (Å²) in [5, 5.41) is 19.4. The van der Waals surface area contributed by atoms with Crippen LogP contribution in [-0.2, 0) is 11.3 Å². The number of nitrogens with one attached hydrogen (secondary N) is 2. The summed E-state index contributed by atoms with van der Waals surface area (Å²) in [5.41, 5.74) is 1.67. The van der Waals surface area contributed by atoms with Gasteiger partial charge in [0.25, 0.3) is 11.2 Å². The van der Waals surface area contributed by atoms with Crippen LogP contribution in [0.2, 0.25) is 10.0 Å². The predicted molar refractivity (Wildman–Crippen MR) is 176 cm³/mol. The Morgan fingerprint density at radius 3 is 2.51 bits per heavy atom. The van der Waals surface area contributed by atoms with E-state index in [2.05, 4.69) is 15.6 Å². The van der Waals surface area contributed by atoms with E-state index in [1.165, 1.54) is 20.3 Å². The fourth-order valence-electron chi connectivity index (χ4n) is 5.33. The Kier molecular flexibility index (Phi) is 10.1. The van der Waals surface area contributed by atoms with Gasteiger partial charge in [-0.05, 0) is 44.8 Å². The Morgan fingerprint density at radius 1 is 1.16 bits per heavy atom. The van der Waals surface area contributed by atoms with Crippen molar-refractivity contribution in [1.82, 2.24) is 19.8 Å². The van der Waals surface area contributed by atoms with Crippen LogP contribution in [0.1, 0.15) is 18.1 Å². The third-order valence-electron chi connectivity index (χ3n) is 7.59. The zero-order valence-corrected chi connectivity index (χ0v) is 26.9. The van der Waals surface area contributed by atoms with Crippen molar-refractivity contribution in [1.29, 1.82) is 0 Å². The lowest BCUT2D eigenvalue weighted by Gasteiger charge is -2.24. The summed E-state index contributed by atoms with van der Waals surface area (Å²) in [7, 11) is 6.85. The molecule has 1 aliphatic rings. The van der Waals surface area contributed by atoms with Crippen LogP contribution in [-0.4, -0.2) is 73.9 Å². The number of nitro groups is 1. The van der Waals surface area contributed by atoms with Gasteiger partial charge >= 0.3 is 0 Å². The minimum atomic E-state index is -0.442. The average molecular weight is 658 g/mol. The Hall–Kier alpha value is -3.94. The largest absolute Gasteiger partial charge is 0.495 e. The predicted octanol–water partition coefficient (Wildman–Crippen LogP) is 5.65. The van der Waals surface area contributed by atoms with Crippen molar-refractivity contribution in [3.8, 4) is 22.6 Å². The Bertz CT molecular complexity index is 1760. The summed E-state index contributed by atoms with van der Waals surface area (Å²) in [6.45, 7) is 2.96. The number of hydrogen-bond acceptors (Lipinski definition) is 10. The van der Waals surface area contributed by atoms with E-state index in [0.29, 0.717) is 59.9 Å². The number of nitro benzene ring substituents is 1. The number of morpholine rings is 1. The summed E-state index contributed by atoms with van der Waals surface area (Å²) in [5.74, 6) is 0.952. The lowest BCUT2D eigenvalue weighted by atomic mass is 10.0. The molecule has 45 heavy (non-hydrogen) atoms. The van der Waals surface area contributed by atoms with E-state index in [1.807, 2.05) is 19.0 Å². The van der Waals surface area contributed by atoms with E-state index < -0.39 is 4.92 Å². The molecule has 0 amide bonds. The van der Waals surface area contributed by atoms with Crippen LogP contribution in [0.25, 0.3) is 22.0 Å². The molecule has 3 heterocycles. The third kappa shape index (κ3) is 6.85. The molecule has 0 bridgehead atoms. The smallest absolute Gasteiger partial charge is 0.293 e. The molecule has 5 rings (SSSR count). The number of anilines is 2. The number of fused-ring (bicyclic) bond motifs is 1. The highest BCUT2D eigenvalue weighted by molar-refractivity contribution is 6.41. The number of aryl methyl sites for hydroxylation is 1. The van der Waals surface area contributed by atoms with Crippen molar-refractivity contribution in [3.63, 3.8) is 0 Å². The normalized spacial score (nSPS) is 15.0. The number of benzene rings is 2. The molecular formula is C31H34Cl2N6O6. The van der Waals surface area contributed by atoms with Gasteiger partial charge in [-0.3, -0.25) is 14.9 Å². The highest BCUT2D eigenvalue weighted by atomic mass is 35.5. The molecule has 0 spiro atoms. The monoisotopic (exact) mass is 656 g/mol. The van der Waals surface area contributed by atoms with E-state index in [4.69, 9.17) is 37.4 Å². The molecule has 0 saturated carbocycles. The third-order valence-corrected chi connectivity index (χ3v) is 8.34. The van der Waals surface area contributed by atoms with Crippen molar-refractivity contribution in [2.75, 3.05) is 59.9 Å². The van der Waals surface area contributed by atoms with E-state index in [9.17, 15) is 14.9 Å². The summed E-state index contributed by atoms with van der Waals surface area (Å²) in [6, 6.07) is 9.91. The zero-order chi connectivity index (χ0) is 32.2. The van der Waals surface area contributed by atoms with E-state index in [-0.39, 0.29) is 44.2 Å². The maximum Gasteiger partial charge on any atom is 0.293 e. The van der Waals surface area contributed by atoms with E-state index in [1.54, 1.807) is 41.1 Å². The van der Waals surface area contributed by atoms with Gasteiger partial charge in [0.1, 0.15) is 23.0 Å². The lowest BCUT2D eigenvalue weighted by Crippen LogP contribution is -2.33. The van der Waals surface area contributed by atoms with Gasteiger partial charge in [0, 0.05) is 55.0 Å². The van der Waals surface area contributed by atoms with E-state index in [0.717, 1.165) is 13.1 Å². The molecule has 0 radical (unpaired) electrons. The van der Waals surface area contributed by atoms with Crippen molar-refractivity contribution in [3.05, 3.63) is 78.7 Å². The van der Waals surface area contributed by atoms with Gasteiger partial charge in [0.2, 0.25) is 0 Å². The highest BCUT2D eigenvalue weighted by Crippen LogP contribution is 2.45. The van der Waals surface area contributed by atoms with Crippen LogP contribution in [0.15, 0.2) is 47.4 Å². The maximum atomic E-state index is 14.2. The van der Waals surface area contributed by atoms with Gasteiger partial charge in [-0.2, -0.15) is 0 Å². The fourth-order valence-corrected chi connectivity index (χ4v) is 6.04. The molecule has 2 aromatic heterocycles. The Morgan fingerprint density at radius 2 is 1.89 bits per heavy atom. The maximum absolute atomic E-state index is 14.2. The number of ether oxygens (including phenoxy) is 3. The van der Waals surface area contributed by atoms with Crippen LogP contribution < -0.4 is 25.7 Å². The minimum absolute atomic E-state index is 0.112. The van der Waals surface area contributed by atoms with Gasteiger partial charge in [-0.25, -0.2) is 4.98 Å². The molecule has 12 nitrogen and oxygen atoms in total. The molecule has 1 fully saturated rings. The van der Waals surface area contributed by atoms with Crippen molar-refractivity contribution < 1.29 is 19.1 Å². The van der Waals surface area contributed by atoms with Crippen LogP contribution in [0.3, 0.4) is 0 Å². The number of rotatable bonds is 11. The second-order valence-electron chi connectivity index (χ2n) is 10.8. The van der Waals surface area contributed by atoms with E-state index >= 15 is 0 Å². The molecule has 238 valence electrons. The molecule has 2 aromatic carbocycles. The van der Waals surface area contributed by atoms with Crippen LogP contribution in [0.5, 0.6) is 11.5 Å². The molecule has 0 aliphatic carbocycles. The summed E-state index contributed by atoms with van der Waals surface area (Å²) in [6.07, 6.45) is 2.00. The first kappa shape index (κ1) is 32.5. The summed E-state index contributed by atoms with van der Waals surface area (Å²) in [4.78, 5) is 32.3. The molecule has 2 N–H and O–H groups in total. The van der Waals surface area contributed by atoms with Crippen LogP contribution >= 0.6 is 23.2 Å². The van der Waals surface area contributed by atoms with Crippen LogP contribution in [0.4, 0.5) is 17.2 Å². The molecule has 1 saturated heterocycles. The second kappa shape index (κ2) is 14.0. The van der Waals surface area contributed by atoms with Gasteiger partial charge in [0.05, 0.1) is 53.0 Å². The minimum Gasteiger partial charge on any atom is -0.495 e. The molecule has 1 unspecified atom stereocenters. The van der Waals surface area contributed by atoms with Crippen LogP contribution in [0, 0.1) is 10.1 Å². The topological polar surface area (TPSA) is 133 Å². The van der Waals surface area contributed by atoms with Crippen molar-refractivity contribution in [2.45, 2.75) is 19.1 Å². The van der Waals surface area contributed by atoms with Gasteiger partial charge in [0.15, 0.2) is 0 Å². The van der Waals surface area contributed by atoms with Gasteiger partial charge < -0.3 is 34.3 Å². The first-order valence-corrected chi connectivity index (χ1v) is 15.0. The number of nitrogens with zero attached hydrogens (tertiary/aromatic N) is 4. The molecule has 14 heteroatoms. The number of methoxy groups -OCH3 is 2. The summed E-state index contributed by atoms with van der Waals surface area (Å²) >= 11 is 13.4. The second-order valence-corrected chi connectivity index (χ2v) is 11.6. The lowest BCUT2D eigenvalue weighted by molar-refractivity contribution is -0.384. The standard InChI is InChI=1S/C31H34Cl2N6O6/c1-37(2)9-5-10-38-22-14-27(36-21-7-6-18(13-23(21)39(41)42)26-17-34-8-11-45-26)35-16-19(22)12-20(31(38)40)28-29(32)24(43-3)15-25(44-4)30(28)33/h6-7,12-16,26,34H,5,8-11,17H2,1-4H3,(H,35,36). The zero-order valence-electron chi connectivity index (χ0n) is 25.4. The van der Waals surface area contributed by atoms with Gasteiger partial charge in [-0.15, -0.1) is 0 Å². The molecule has 1 aliphatic heterocycles. The molecule has 4 aromatic rings. The van der Waals surface area contributed by atoms with Crippen molar-refractivity contribution in [2.24, 2.45) is 0 Å². The average Bonchev–Trinajstić information content (AvgIpc) is 3.03. The molecule has 1 atom stereocenters. The first-order chi connectivity index (χ1) is 21.6. The molecular weight excluding hydrogens is 623 g/mol. The van der Waals surface area contributed by atoms with Crippen molar-refractivity contribution >= 4 is 51.3 Å². The van der Waals surface area contributed by atoms with Gasteiger partial charge in [-0.1, -0.05) is 29.3 Å². The Labute approximate surface area is 270 Å². The summed E-state index contributed by atoms with van der Waals surface area (Å²) < 4.78 is 18.3.